The minimum Gasteiger partial charge on any atom is -0.321 e. The molecule has 1 unspecified atom stereocenters. The Bertz CT molecular complexity index is 1080. The Hall–Kier alpha value is -3.81. The summed E-state index contributed by atoms with van der Waals surface area (Å²) in [6.45, 7) is 1.62. The van der Waals surface area contributed by atoms with Crippen molar-refractivity contribution in [1.29, 1.82) is 0 Å². The van der Waals surface area contributed by atoms with Crippen molar-refractivity contribution in [1.82, 2.24) is 20.6 Å². The average molecular weight is 361 g/mol. The molecule has 1 saturated heterocycles. The van der Waals surface area contributed by atoms with Crippen LogP contribution in [0.25, 0.3) is 10.9 Å². The van der Waals surface area contributed by atoms with Gasteiger partial charge in [0.2, 0.25) is 0 Å². The van der Waals surface area contributed by atoms with Crippen LogP contribution in [-0.4, -0.2) is 27.8 Å². The van der Waals surface area contributed by atoms with Crippen molar-refractivity contribution >= 4 is 34.4 Å². The van der Waals surface area contributed by atoms with Crippen molar-refractivity contribution in [2.45, 2.75) is 12.5 Å². The third-order valence-corrected chi connectivity index (χ3v) is 4.49. The first-order valence-corrected chi connectivity index (χ1v) is 8.22. The third kappa shape index (κ3) is 2.97. The van der Waals surface area contributed by atoms with Crippen molar-refractivity contribution in [2.24, 2.45) is 0 Å². The molecule has 134 valence electrons. The number of carbonyl (C=O) groups excluding carboxylic acids is 3. The highest BCUT2D eigenvalue weighted by Crippen LogP contribution is 2.25. The number of aromatic nitrogens is 2. The Morgan fingerprint density at radius 1 is 1.07 bits per heavy atom. The molecule has 1 aromatic carbocycles. The molecule has 3 N–H and O–H groups in total. The van der Waals surface area contributed by atoms with Gasteiger partial charge in [-0.05, 0) is 42.8 Å². The number of hydrogen-bond acceptors (Lipinski definition) is 5. The van der Waals surface area contributed by atoms with Crippen molar-refractivity contribution in [3.05, 3.63) is 66.1 Å². The fourth-order valence-corrected chi connectivity index (χ4v) is 2.92. The summed E-state index contributed by atoms with van der Waals surface area (Å²) in [5.74, 6) is -0.765. The smallest absolute Gasteiger partial charge is 0.321 e. The topological polar surface area (TPSA) is 113 Å². The van der Waals surface area contributed by atoms with Crippen molar-refractivity contribution in [2.75, 3.05) is 5.32 Å². The number of benzene rings is 1. The van der Waals surface area contributed by atoms with Gasteiger partial charge in [-0.15, -0.1) is 0 Å². The van der Waals surface area contributed by atoms with Gasteiger partial charge >= 0.3 is 6.03 Å². The lowest BCUT2D eigenvalue weighted by Gasteiger charge is -2.21. The van der Waals surface area contributed by atoms with E-state index in [2.05, 4.69) is 25.9 Å². The molecule has 3 aromatic rings. The van der Waals surface area contributed by atoms with Crippen LogP contribution >= 0.6 is 0 Å². The SMILES string of the molecule is CC1(c2ccc(NC(=O)c3ccc4cnccc4n3)cc2)NC(=O)NC1=O. The summed E-state index contributed by atoms with van der Waals surface area (Å²) in [7, 11) is 0. The second-order valence-corrected chi connectivity index (χ2v) is 6.33. The van der Waals surface area contributed by atoms with Gasteiger partial charge in [-0.25, -0.2) is 9.78 Å². The molecule has 0 saturated carbocycles. The summed E-state index contributed by atoms with van der Waals surface area (Å²) < 4.78 is 0. The second-order valence-electron chi connectivity index (χ2n) is 6.33. The van der Waals surface area contributed by atoms with Crippen molar-refractivity contribution < 1.29 is 14.4 Å². The van der Waals surface area contributed by atoms with E-state index in [-0.39, 0.29) is 11.6 Å². The molecule has 1 aliphatic rings. The van der Waals surface area contributed by atoms with Crippen LogP contribution in [0.3, 0.4) is 0 Å². The monoisotopic (exact) mass is 361 g/mol. The zero-order valence-corrected chi connectivity index (χ0v) is 14.3. The summed E-state index contributed by atoms with van der Waals surface area (Å²) in [5, 5.41) is 8.43. The maximum atomic E-state index is 12.4. The normalized spacial score (nSPS) is 18.9. The minimum absolute atomic E-state index is 0.284. The molecule has 4 rings (SSSR count). The molecule has 0 radical (unpaired) electrons. The van der Waals surface area contributed by atoms with E-state index < -0.39 is 17.5 Å². The Kier molecular flexibility index (Phi) is 3.80. The standard InChI is InChI=1S/C19H15N5O3/c1-19(17(26)23-18(27)24-19)12-3-5-13(6-4-12)21-16(25)15-7-2-11-10-20-9-8-14(11)22-15/h2-10H,1H3,(H,21,25)(H2,23,24,26,27). The number of nitrogens with zero attached hydrogens (tertiary/aromatic N) is 2. The lowest BCUT2D eigenvalue weighted by molar-refractivity contribution is -0.123. The molecular weight excluding hydrogens is 346 g/mol. The van der Waals surface area contributed by atoms with E-state index in [1.807, 2.05) is 0 Å². The molecular formula is C19H15N5O3. The van der Waals surface area contributed by atoms with Gasteiger partial charge in [0.05, 0.1) is 5.52 Å². The summed E-state index contributed by atoms with van der Waals surface area (Å²) in [6.07, 6.45) is 3.30. The molecule has 1 fully saturated rings. The van der Waals surface area contributed by atoms with E-state index in [1.165, 1.54) is 0 Å². The van der Waals surface area contributed by atoms with Gasteiger partial charge in [0.25, 0.3) is 11.8 Å². The Labute approximate surface area is 154 Å². The average Bonchev–Trinajstić information content (AvgIpc) is 2.94. The predicted molar refractivity (Wildman–Crippen MR) is 98.0 cm³/mol. The minimum atomic E-state index is -1.13. The second kappa shape index (κ2) is 6.17. The fourth-order valence-electron chi connectivity index (χ4n) is 2.92. The summed E-state index contributed by atoms with van der Waals surface area (Å²) in [4.78, 5) is 44.2. The van der Waals surface area contributed by atoms with E-state index in [4.69, 9.17) is 0 Å². The van der Waals surface area contributed by atoms with E-state index in [1.54, 1.807) is 61.8 Å². The summed E-state index contributed by atoms with van der Waals surface area (Å²) in [5.41, 5.74) is 0.998. The van der Waals surface area contributed by atoms with Crippen molar-refractivity contribution in [3.63, 3.8) is 0 Å². The van der Waals surface area contributed by atoms with E-state index >= 15 is 0 Å². The lowest BCUT2D eigenvalue weighted by atomic mass is 9.92. The molecule has 2 aromatic heterocycles. The van der Waals surface area contributed by atoms with Gasteiger partial charge in [-0.2, -0.15) is 0 Å². The quantitative estimate of drug-likeness (QED) is 0.617. The number of rotatable bonds is 3. The van der Waals surface area contributed by atoms with Gasteiger partial charge in [-0.1, -0.05) is 12.1 Å². The highest BCUT2D eigenvalue weighted by atomic mass is 16.2. The molecule has 27 heavy (non-hydrogen) atoms. The van der Waals surface area contributed by atoms with Crippen LogP contribution in [0.4, 0.5) is 10.5 Å². The first-order valence-electron chi connectivity index (χ1n) is 8.22. The van der Waals surface area contributed by atoms with Gasteiger partial charge in [0, 0.05) is 23.5 Å². The maximum Gasteiger partial charge on any atom is 0.322 e. The van der Waals surface area contributed by atoms with Crippen LogP contribution in [0.5, 0.6) is 0 Å². The Morgan fingerprint density at radius 3 is 2.56 bits per heavy atom. The number of amides is 4. The predicted octanol–water partition coefficient (Wildman–Crippen LogP) is 1.94. The van der Waals surface area contributed by atoms with E-state index in [0.717, 1.165) is 5.39 Å². The number of nitrogens with one attached hydrogen (secondary N) is 3. The zero-order valence-electron chi connectivity index (χ0n) is 14.3. The number of anilines is 1. The highest BCUT2D eigenvalue weighted by molar-refractivity contribution is 6.07. The van der Waals surface area contributed by atoms with Crippen LogP contribution in [-0.2, 0) is 10.3 Å². The van der Waals surface area contributed by atoms with Crippen LogP contribution in [0.15, 0.2) is 54.9 Å². The first-order chi connectivity index (χ1) is 13.0. The summed E-state index contributed by atoms with van der Waals surface area (Å²) >= 11 is 0. The fraction of sp³-hybridized carbons (Fsp3) is 0.105. The summed E-state index contributed by atoms with van der Waals surface area (Å²) in [6, 6.07) is 11.3. The molecule has 0 bridgehead atoms. The molecule has 1 atom stereocenters. The Balaban J connectivity index is 1.53. The number of urea groups is 1. The lowest BCUT2D eigenvalue weighted by Crippen LogP contribution is -2.40. The van der Waals surface area contributed by atoms with Gasteiger partial charge in [0.15, 0.2) is 0 Å². The van der Waals surface area contributed by atoms with Crippen LogP contribution in [0.2, 0.25) is 0 Å². The number of carbonyl (C=O) groups is 3. The van der Waals surface area contributed by atoms with Crippen LogP contribution in [0, 0.1) is 0 Å². The van der Waals surface area contributed by atoms with Crippen LogP contribution in [0.1, 0.15) is 23.0 Å². The number of imide groups is 1. The number of fused-ring (bicyclic) bond motifs is 1. The highest BCUT2D eigenvalue weighted by Gasteiger charge is 2.43. The molecule has 8 heteroatoms. The van der Waals surface area contributed by atoms with Crippen LogP contribution < -0.4 is 16.0 Å². The van der Waals surface area contributed by atoms with Gasteiger partial charge in [0.1, 0.15) is 11.2 Å². The third-order valence-electron chi connectivity index (χ3n) is 4.49. The van der Waals surface area contributed by atoms with Crippen molar-refractivity contribution in [3.8, 4) is 0 Å². The first kappa shape index (κ1) is 16.6. The molecule has 4 amide bonds. The van der Waals surface area contributed by atoms with E-state index in [0.29, 0.717) is 16.8 Å². The van der Waals surface area contributed by atoms with Gasteiger partial charge in [-0.3, -0.25) is 19.9 Å². The Morgan fingerprint density at radius 2 is 1.85 bits per heavy atom. The molecule has 8 nitrogen and oxygen atoms in total. The number of hydrogen-bond donors (Lipinski definition) is 3. The molecule has 0 aliphatic carbocycles. The molecule has 0 spiro atoms. The zero-order chi connectivity index (χ0) is 19.0. The van der Waals surface area contributed by atoms with E-state index in [9.17, 15) is 14.4 Å². The number of pyridine rings is 2. The van der Waals surface area contributed by atoms with Gasteiger partial charge < -0.3 is 10.6 Å². The largest absolute Gasteiger partial charge is 0.322 e. The maximum absolute atomic E-state index is 12.4. The molecule has 3 heterocycles. The molecule has 1 aliphatic heterocycles.